The highest BCUT2D eigenvalue weighted by Gasteiger charge is 2.17. The molecule has 0 atom stereocenters. The van der Waals surface area contributed by atoms with Gasteiger partial charge in [-0.3, -0.25) is 4.79 Å². The number of nitrogen functional groups attached to an aromatic ring is 1. The van der Waals surface area contributed by atoms with E-state index in [0.717, 1.165) is 0 Å². The van der Waals surface area contributed by atoms with Crippen LogP contribution in [0.5, 0.6) is 5.75 Å². The molecular formula is C15H12ClN5O3. The molecule has 0 bridgehead atoms. The summed E-state index contributed by atoms with van der Waals surface area (Å²) in [5.74, 6) is 0.534. The van der Waals surface area contributed by atoms with Gasteiger partial charge in [0, 0.05) is 11.8 Å². The number of aromatic nitrogens is 3. The normalized spacial score (nSPS) is 10.4. The first kappa shape index (κ1) is 15.8. The Morgan fingerprint density at radius 1 is 1.38 bits per heavy atom. The highest BCUT2D eigenvalue weighted by Crippen LogP contribution is 2.32. The molecule has 0 saturated heterocycles. The van der Waals surface area contributed by atoms with Crippen LogP contribution in [0.25, 0.3) is 11.3 Å². The third-order valence-electron chi connectivity index (χ3n) is 3.21. The first-order valence-electron chi connectivity index (χ1n) is 6.74. The lowest BCUT2D eigenvalue weighted by atomic mass is 10.1. The number of oxazole rings is 1. The SMILES string of the molecule is COc1cc(NC(=O)c2c(N)ncnc2Cl)ccc1-c1cnco1. The minimum atomic E-state index is -0.521. The van der Waals surface area contributed by atoms with Crippen LogP contribution in [0.2, 0.25) is 5.15 Å². The van der Waals surface area contributed by atoms with Gasteiger partial charge in [-0.05, 0) is 12.1 Å². The van der Waals surface area contributed by atoms with Crippen molar-refractivity contribution in [2.75, 3.05) is 18.2 Å². The number of hydrogen-bond acceptors (Lipinski definition) is 7. The minimum Gasteiger partial charge on any atom is -0.496 e. The number of rotatable bonds is 4. The van der Waals surface area contributed by atoms with E-state index >= 15 is 0 Å². The third kappa shape index (κ3) is 2.99. The number of nitrogens with zero attached hydrogens (tertiary/aromatic N) is 3. The van der Waals surface area contributed by atoms with Gasteiger partial charge in [-0.25, -0.2) is 15.0 Å². The summed E-state index contributed by atoms with van der Waals surface area (Å²) in [4.78, 5) is 23.7. The summed E-state index contributed by atoms with van der Waals surface area (Å²) >= 11 is 5.91. The van der Waals surface area contributed by atoms with Gasteiger partial charge in [-0.15, -0.1) is 0 Å². The van der Waals surface area contributed by atoms with Crippen molar-refractivity contribution in [3.05, 3.63) is 47.8 Å². The van der Waals surface area contributed by atoms with Gasteiger partial charge in [0.1, 0.15) is 28.6 Å². The number of nitrogens with two attached hydrogens (primary N) is 1. The maximum absolute atomic E-state index is 12.3. The second-order valence-corrected chi connectivity index (χ2v) is 5.02. The lowest BCUT2D eigenvalue weighted by Crippen LogP contribution is -2.16. The Morgan fingerprint density at radius 2 is 2.21 bits per heavy atom. The fraction of sp³-hybridized carbons (Fsp3) is 0.0667. The number of ether oxygens (including phenoxy) is 1. The van der Waals surface area contributed by atoms with Crippen LogP contribution in [0.15, 0.2) is 41.5 Å². The lowest BCUT2D eigenvalue weighted by Gasteiger charge is -2.11. The molecule has 0 saturated carbocycles. The maximum Gasteiger partial charge on any atom is 0.262 e. The first-order chi connectivity index (χ1) is 11.6. The van der Waals surface area contributed by atoms with E-state index in [1.165, 1.54) is 19.8 Å². The van der Waals surface area contributed by atoms with E-state index < -0.39 is 5.91 Å². The number of methoxy groups -OCH3 is 1. The molecule has 0 aliphatic rings. The number of carbonyl (C=O) groups excluding carboxylic acids is 1. The van der Waals surface area contributed by atoms with E-state index in [0.29, 0.717) is 22.8 Å². The molecule has 9 heteroatoms. The number of amides is 1. The fourth-order valence-corrected chi connectivity index (χ4v) is 2.33. The van der Waals surface area contributed by atoms with Crippen LogP contribution in [-0.2, 0) is 0 Å². The summed E-state index contributed by atoms with van der Waals surface area (Å²) in [7, 11) is 1.51. The number of nitrogens with one attached hydrogen (secondary N) is 1. The van der Waals surface area contributed by atoms with Crippen LogP contribution in [0, 0.1) is 0 Å². The van der Waals surface area contributed by atoms with Crippen molar-refractivity contribution in [2.45, 2.75) is 0 Å². The number of carbonyl (C=O) groups is 1. The van der Waals surface area contributed by atoms with E-state index in [1.54, 1.807) is 24.4 Å². The third-order valence-corrected chi connectivity index (χ3v) is 3.50. The standard InChI is InChI=1S/C15H12ClN5O3/c1-23-10-4-8(2-3-9(10)11-5-18-7-24-11)21-15(22)12-13(16)19-6-20-14(12)17/h2-7H,1H3,(H,21,22)(H2,17,19,20). The first-order valence-corrected chi connectivity index (χ1v) is 7.12. The van der Waals surface area contributed by atoms with Crippen LogP contribution in [0.4, 0.5) is 11.5 Å². The van der Waals surface area contributed by atoms with Crippen molar-refractivity contribution in [3.63, 3.8) is 0 Å². The molecule has 0 fully saturated rings. The second-order valence-electron chi connectivity index (χ2n) is 4.66. The van der Waals surface area contributed by atoms with E-state index in [-0.39, 0.29) is 16.5 Å². The van der Waals surface area contributed by atoms with Crippen LogP contribution < -0.4 is 15.8 Å². The average Bonchev–Trinajstić information content (AvgIpc) is 3.08. The Morgan fingerprint density at radius 3 is 2.88 bits per heavy atom. The predicted octanol–water partition coefficient (Wildman–Crippen LogP) is 2.63. The topological polar surface area (TPSA) is 116 Å². The molecule has 3 rings (SSSR count). The molecule has 3 aromatic rings. The number of anilines is 2. The van der Waals surface area contributed by atoms with Crippen molar-refractivity contribution in [2.24, 2.45) is 0 Å². The van der Waals surface area contributed by atoms with Gasteiger partial charge in [0.25, 0.3) is 5.91 Å². The van der Waals surface area contributed by atoms with Crippen molar-refractivity contribution in [3.8, 4) is 17.1 Å². The molecule has 8 nitrogen and oxygen atoms in total. The molecular weight excluding hydrogens is 334 g/mol. The molecule has 122 valence electrons. The van der Waals surface area contributed by atoms with Gasteiger partial charge in [0.15, 0.2) is 12.2 Å². The second kappa shape index (κ2) is 6.55. The van der Waals surface area contributed by atoms with Crippen LogP contribution in [-0.4, -0.2) is 28.0 Å². The quantitative estimate of drug-likeness (QED) is 0.698. The molecule has 0 spiro atoms. The molecule has 0 radical (unpaired) electrons. The Kier molecular flexibility index (Phi) is 4.30. The molecule has 1 aromatic carbocycles. The minimum absolute atomic E-state index is 0.00209. The molecule has 0 aliphatic carbocycles. The summed E-state index contributed by atoms with van der Waals surface area (Å²) in [6.07, 6.45) is 4.08. The molecule has 1 amide bonds. The van der Waals surface area contributed by atoms with Gasteiger partial charge in [0.2, 0.25) is 0 Å². The predicted molar refractivity (Wildman–Crippen MR) is 87.9 cm³/mol. The Labute approximate surface area is 141 Å². The van der Waals surface area contributed by atoms with E-state index in [4.69, 9.17) is 26.5 Å². The van der Waals surface area contributed by atoms with Gasteiger partial charge >= 0.3 is 0 Å². The highest BCUT2D eigenvalue weighted by atomic mass is 35.5. The van der Waals surface area contributed by atoms with Gasteiger partial charge < -0.3 is 20.2 Å². The van der Waals surface area contributed by atoms with E-state index in [2.05, 4.69) is 20.3 Å². The highest BCUT2D eigenvalue weighted by molar-refractivity contribution is 6.34. The van der Waals surface area contributed by atoms with Gasteiger partial charge in [0.05, 0.1) is 18.9 Å². The molecule has 3 N–H and O–H groups in total. The number of halogens is 1. The zero-order valence-corrected chi connectivity index (χ0v) is 13.2. The van der Waals surface area contributed by atoms with Crippen molar-refractivity contribution in [1.29, 1.82) is 0 Å². The fourth-order valence-electron chi connectivity index (χ4n) is 2.10. The average molecular weight is 346 g/mol. The molecule has 0 aliphatic heterocycles. The Balaban J connectivity index is 1.90. The van der Waals surface area contributed by atoms with Gasteiger partial charge in [-0.1, -0.05) is 11.6 Å². The smallest absolute Gasteiger partial charge is 0.262 e. The maximum atomic E-state index is 12.3. The van der Waals surface area contributed by atoms with Crippen molar-refractivity contribution >= 4 is 29.0 Å². The molecule has 2 heterocycles. The largest absolute Gasteiger partial charge is 0.496 e. The van der Waals surface area contributed by atoms with Crippen molar-refractivity contribution < 1.29 is 13.9 Å². The molecule has 24 heavy (non-hydrogen) atoms. The van der Waals surface area contributed by atoms with E-state index in [9.17, 15) is 4.79 Å². The molecule has 0 unspecified atom stereocenters. The zero-order valence-electron chi connectivity index (χ0n) is 12.5. The van der Waals surface area contributed by atoms with Crippen molar-refractivity contribution in [1.82, 2.24) is 15.0 Å². The van der Waals surface area contributed by atoms with E-state index in [1.807, 2.05) is 0 Å². The molecule has 2 aromatic heterocycles. The number of benzene rings is 1. The Bertz CT molecular complexity index is 863. The van der Waals surface area contributed by atoms with Gasteiger partial charge in [-0.2, -0.15) is 0 Å². The van der Waals surface area contributed by atoms with Crippen LogP contribution in [0.3, 0.4) is 0 Å². The number of hydrogen-bond donors (Lipinski definition) is 2. The lowest BCUT2D eigenvalue weighted by molar-refractivity contribution is 0.102. The van der Waals surface area contributed by atoms with Crippen LogP contribution in [0.1, 0.15) is 10.4 Å². The zero-order chi connectivity index (χ0) is 17.1. The summed E-state index contributed by atoms with van der Waals surface area (Å²) in [5.41, 5.74) is 6.88. The summed E-state index contributed by atoms with van der Waals surface area (Å²) < 4.78 is 10.6. The summed E-state index contributed by atoms with van der Waals surface area (Å²) in [5, 5.41) is 2.65. The van der Waals surface area contributed by atoms with Crippen LogP contribution >= 0.6 is 11.6 Å². The monoisotopic (exact) mass is 345 g/mol. The summed E-state index contributed by atoms with van der Waals surface area (Å²) in [6, 6.07) is 5.07. The summed E-state index contributed by atoms with van der Waals surface area (Å²) in [6.45, 7) is 0. The Hall–Kier alpha value is -3.13.